The summed E-state index contributed by atoms with van der Waals surface area (Å²) in [4.78, 5) is 11.4. The molecule has 0 saturated heterocycles. The molecule has 0 aromatic heterocycles. The van der Waals surface area contributed by atoms with Crippen LogP contribution in [-0.4, -0.2) is 5.78 Å². The third-order valence-corrected chi connectivity index (χ3v) is 3.32. The van der Waals surface area contributed by atoms with E-state index < -0.39 is 5.41 Å². The molecule has 84 valence electrons. The van der Waals surface area contributed by atoms with E-state index in [1.807, 2.05) is 6.07 Å². The maximum absolute atomic E-state index is 12.9. The first-order valence-electron chi connectivity index (χ1n) is 4.75. The van der Waals surface area contributed by atoms with Gasteiger partial charge < -0.3 is 0 Å². The maximum Gasteiger partial charge on any atom is 0.150 e. The Morgan fingerprint density at radius 1 is 1.62 bits per heavy atom. The zero-order valence-electron chi connectivity index (χ0n) is 9.05. The van der Waals surface area contributed by atoms with Gasteiger partial charge in [0.25, 0.3) is 0 Å². The minimum atomic E-state index is -1.06. The summed E-state index contributed by atoms with van der Waals surface area (Å²) in [5, 5.41) is 9.00. The van der Waals surface area contributed by atoms with E-state index in [0.29, 0.717) is 4.47 Å². The van der Waals surface area contributed by atoms with Gasteiger partial charge in [0.2, 0.25) is 0 Å². The van der Waals surface area contributed by atoms with Crippen LogP contribution in [0, 0.1) is 22.6 Å². The van der Waals surface area contributed by atoms with Gasteiger partial charge in [0.15, 0.2) is 0 Å². The van der Waals surface area contributed by atoms with E-state index in [1.165, 1.54) is 19.1 Å². The molecule has 0 bridgehead atoms. The molecular weight excluding hydrogens is 273 g/mol. The molecule has 16 heavy (non-hydrogen) atoms. The van der Waals surface area contributed by atoms with Crippen LogP contribution in [0.25, 0.3) is 0 Å². The molecule has 0 radical (unpaired) electrons. The summed E-state index contributed by atoms with van der Waals surface area (Å²) in [5.41, 5.74) is -0.305. The molecule has 4 heteroatoms. The number of benzene rings is 1. The van der Waals surface area contributed by atoms with Gasteiger partial charge in [-0.2, -0.15) is 5.26 Å². The van der Waals surface area contributed by atoms with Crippen LogP contribution in [0.1, 0.15) is 19.4 Å². The summed E-state index contributed by atoms with van der Waals surface area (Å²) in [6.45, 7) is 2.98. The number of hydrogen-bond donors (Lipinski definition) is 0. The Hall–Kier alpha value is -1.21. The topological polar surface area (TPSA) is 40.9 Å². The van der Waals surface area contributed by atoms with Crippen molar-refractivity contribution >= 4 is 21.7 Å². The first kappa shape index (κ1) is 12.9. The van der Waals surface area contributed by atoms with E-state index in [1.54, 1.807) is 13.0 Å². The highest BCUT2D eigenvalue weighted by molar-refractivity contribution is 9.10. The Morgan fingerprint density at radius 3 is 2.69 bits per heavy atom. The van der Waals surface area contributed by atoms with E-state index in [9.17, 15) is 9.18 Å². The summed E-state index contributed by atoms with van der Waals surface area (Å²) in [6, 6.07) is 6.23. The van der Waals surface area contributed by atoms with Crippen LogP contribution in [0.3, 0.4) is 0 Å². The quantitative estimate of drug-likeness (QED) is 0.854. The van der Waals surface area contributed by atoms with Crippen molar-refractivity contribution in [1.29, 1.82) is 5.26 Å². The lowest BCUT2D eigenvalue weighted by Gasteiger charge is -2.18. The van der Waals surface area contributed by atoms with Crippen molar-refractivity contribution < 1.29 is 9.18 Å². The number of hydrogen-bond acceptors (Lipinski definition) is 2. The number of ketones is 1. The highest BCUT2D eigenvalue weighted by Gasteiger charge is 2.30. The molecule has 0 aliphatic carbocycles. The Balaban J connectivity index is 3.05. The molecule has 0 heterocycles. The van der Waals surface area contributed by atoms with Crippen LogP contribution >= 0.6 is 15.9 Å². The Labute approximate surface area is 102 Å². The van der Waals surface area contributed by atoms with Crippen molar-refractivity contribution in [3.05, 3.63) is 34.1 Å². The number of carbonyl (C=O) groups is 1. The van der Waals surface area contributed by atoms with Crippen molar-refractivity contribution in [3.8, 4) is 6.07 Å². The number of nitrogens with zero attached hydrogens (tertiary/aromatic N) is 1. The summed E-state index contributed by atoms with van der Waals surface area (Å²) in [5.74, 6) is -0.539. The van der Waals surface area contributed by atoms with Gasteiger partial charge in [-0.15, -0.1) is 0 Å². The third kappa shape index (κ3) is 2.67. The maximum atomic E-state index is 12.9. The van der Waals surface area contributed by atoms with E-state index in [-0.39, 0.29) is 18.0 Å². The fraction of sp³-hybridized carbons (Fsp3) is 0.333. The molecule has 0 amide bonds. The average molecular weight is 284 g/mol. The van der Waals surface area contributed by atoms with E-state index in [2.05, 4.69) is 15.9 Å². The van der Waals surface area contributed by atoms with Gasteiger partial charge in [0, 0.05) is 4.47 Å². The first-order chi connectivity index (χ1) is 7.39. The van der Waals surface area contributed by atoms with Gasteiger partial charge in [0.05, 0.1) is 6.07 Å². The smallest absolute Gasteiger partial charge is 0.150 e. The minimum absolute atomic E-state index is 0.189. The molecule has 1 unspecified atom stereocenters. The molecule has 0 saturated carbocycles. The van der Waals surface area contributed by atoms with Crippen molar-refractivity contribution in [2.45, 2.75) is 20.3 Å². The Kier molecular flexibility index (Phi) is 3.82. The highest BCUT2D eigenvalue weighted by atomic mass is 79.9. The molecule has 0 aliphatic rings. The number of rotatable bonds is 3. The summed E-state index contributed by atoms with van der Waals surface area (Å²) in [7, 11) is 0. The van der Waals surface area contributed by atoms with E-state index in [0.717, 1.165) is 5.56 Å². The second-order valence-corrected chi connectivity index (χ2v) is 4.77. The monoisotopic (exact) mass is 283 g/mol. The lowest BCUT2D eigenvalue weighted by Crippen LogP contribution is -2.26. The fourth-order valence-electron chi connectivity index (χ4n) is 1.29. The van der Waals surface area contributed by atoms with Crippen LogP contribution in [0.2, 0.25) is 0 Å². The van der Waals surface area contributed by atoms with Gasteiger partial charge in [-0.05, 0) is 38.0 Å². The molecule has 1 atom stereocenters. The van der Waals surface area contributed by atoms with Crippen molar-refractivity contribution in [2.24, 2.45) is 5.41 Å². The molecule has 2 nitrogen and oxygen atoms in total. The summed E-state index contributed by atoms with van der Waals surface area (Å²) >= 11 is 3.22. The normalized spacial score (nSPS) is 13.9. The predicted molar refractivity (Wildman–Crippen MR) is 62.2 cm³/mol. The fourth-order valence-corrected chi connectivity index (χ4v) is 1.78. The zero-order chi connectivity index (χ0) is 12.3. The van der Waals surface area contributed by atoms with Crippen LogP contribution in [0.4, 0.5) is 4.39 Å². The van der Waals surface area contributed by atoms with E-state index in [4.69, 9.17) is 5.26 Å². The second-order valence-electron chi connectivity index (χ2n) is 3.91. The van der Waals surface area contributed by atoms with Crippen LogP contribution in [0.15, 0.2) is 22.7 Å². The Bertz CT molecular complexity index is 467. The van der Waals surface area contributed by atoms with Gasteiger partial charge in [0.1, 0.15) is 17.0 Å². The minimum Gasteiger partial charge on any atom is -0.298 e. The highest BCUT2D eigenvalue weighted by Crippen LogP contribution is 2.27. The molecule has 0 fully saturated rings. The van der Waals surface area contributed by atoms with Crippen LogP contribution in [-0.2, 0) is 11.2 Å². The van der Waals surface area contributed by atoms with Crippen molar-refractivity contribution in [2.75, 3.05) is 0 Å². The lowest BCUT2D eigenvalue weighted by atomic mass is 9.82. The van der Waals surface area contributed by atoms with Gasteiger partial charge >= 0.3 is 0 Å². The second kappa shape index (κ2) is 4.75. The third-order valence-electron chi connectivity index (χ3n) is 2.58. The first-order valence-corrected chi connectivity index (χ1v) is 5.54. The number of carbonyl (C=O) groups excluding carboxylic acids is 1. The largest absolute Gasteiger partial charge is 0.298 e. The number of nitriles is 1. The SMILES string of the molecule is CC(=O)C(C)(C#N)Cc1ccc(F)cc1Br. The molecule has 0 aliphatic heterocycles. The molecule has 1 aromatic rings. The van der Waals surface area contributed by atoms with Gasteiger partial charge in [-0.1, -0.05) is 22.0 Å². The molecule has 1 rings (SSSR count). The predicted octanol–water partition coefficient (Wildman–Crippen LogP) is 3.25. The van der Waals surface area contributed by atoms with Crippen molar-refractivity contribution in [1.82, 2.24) is 0 Å². The van der Waals surface area contributed by atoms with Crippen molar-refractivity contribution in [3.63, 3.8) is 0 Å². The van der Waals surface area contributed by atoms with Crippen LogP contribution in [0.5, 0.6) is 0 Å². The molecular formula is C12H11BrFNO. The summed E-state index contributed by atoms with van der Waals surface area (Å²) < 4.78 is 13.4. The van der Waals surface area contributed by atoms with Gasteiger partial charge in [-0.3, -0.25) is 4.79 Å². The molecule has 0 N–H and O–H groups in total. The van der Waals surface area contributed by atoms with Crippen LogP contribution < -0.4 is 0 Å². The number of halogens is 2. The lowest BCUT2D eigenvalue weighted by molar-refractivity contribution is -0.123. The van der Waals surface area contributed by atoms with Gasteiger partial charge in [-0.25, -0.2) is 4.39 Å². The standard InChI is InChI=1S/C12H11BrFNO/c1-8(16)12(2,7-15)6-9-3-4-10(14)5-11(9)13/h3-5H,6H2,1-2H3. The van der Waals surface area contributed by atoms with E-state index >= 15 is 0 Å². The Morgan fingerprint density at radius 2 is 2.25 bits per heavy atom. The zero-order valence-corrected chi connectivity index (χ0v) is 10.6. The average Bonchev–Trinajstić information content (AvgIpc) is 2.22. The molecule has 1 aromatic carbocycles. The summed E-state index contributed by atoms with van der Waals surface area (Å²) in [6.07, 6.45) is 0.277. The molecule has 0 spiro atoms. The number of Topliss-reactive ketones (excluding diaryl/α,β-unsaturated/α-hetero) is 1.